The third-order valence-electron chi connectivity index (χ3n) is 8.61. The summed E-state index contributed by atoms with van der Waals surface area (Å²) >= 11 is 0. The summed E-state index contributed by atoms with van der Waals surface area (Å²) in [6.07, 6.45) is 2.71. The van der Waals surface area contributed by atoms with Crippen LogP contribution < -0.4 is 32.6 Å². The summed E-state index contributed by atoms with van der Waals surface area (Å²) in [7, 11) is 0. The van der Waals surface area contributed by atoms with E-state index in [1.54, 1.807) is 42.5 Å². The lowest BCUT2D eigenvalue weighted by Gasteiger charge is -2.21. The average molecular weight is 691 g/mol. The van der Waals surface area contributed by atoms with Crippen LogP contribution in [0.4, 0.5) is 17.2 Å². The molecule has 7 N–H and O–H groups in total. The van der Waals surface area contributed by atoms with Crippen molar-refractivity contribution in [1.29, 1.82) is 0 Å². The number of benzene rings is 3. The molecule has 1 saturated heterocycles. The minimum absolute atomic E-state index is 0.0532. The number of hydrogen-bond acceptors (Lipinski definition) is 12. The fourth-order valence-corrected chi connectivity index (χ4v) is 5.82. The van der Waals surface area contributed by atoms with Gasteiger partial charge in [0.05, 0.1) is 16.8 Å². The van der Waals surface area contributed by atoms with E-state index in [2.05, 4.69) is 41.8 Å². The molecule has 5 aromatic rings. The van der Waals surface area contributed by atoms with Crippen molar-refractivity contribution >= 4 is 45.8 Å². The van der Waals surface area contributed by atoms with Gasteiger partial charge in [0.15, 0.2) is 5.82 Å². The standard InChI is InChI=1S/C36H38N10O5/c37-34-28(20-27(42-44-34)24-6-1-2-9-30(24)47)39-19-17-22-11-13-23(14-12-22)21-40-31(48)10-3-4-18-38-25-7-5-8-26-33(25)36(51)46(45-43-26)29-15-16-32(49)41-35(29)50/h1-2,5-9,11-14,20,29,38,47H,3-4,10,15-19,21H2,(H2,37,44)(H,39,42)(H,40,48)(H,41,49,50). The third kappa shape index (κ3) is 8.44. The van der Waals surface area contributed by atoms with Gasteiger partial charge in [-0.3, -0.25) is 24.5 Å². The summed E-state index contributed by atoms with van der Waals surface area (Å²) in [5, 5.41) is 38.4. The van der Waals surface area contributed by atoms with E-state index in [0.717, 1.165) is 22.2 Å². The molecule has 1 aliphatic rings. The summed E-state index contributed by atoms with van der Waals surface area (Å²) < 4.78 is 1.04. The first-order valence-electron chi connectivity index (χ1n) is 16.7. The van der Waals surface area contributed by atoms with Crippen molar-refractivity contribution in [1.82, 2.24) is 35.8 Å². The highest BCUT2D eigenvalue weighted by Gasteiger charge is 2.30. The number of anilines is 3. The van der Waals surface area contributed by atoms with Crippen LogP contribution in [0.1, 0.15) is 49.3 Å². The number of nitrogens with zero attached hydrogens (tertiary/aromatic N) is 5. The molecular formula is C36H38N10O5. The van der Waals surface area contributed by atoms with E-state index in [1.807, 2.05) is 30.3 Å². The molecule has 3 aromatic carbocycles. The normalized spacial score (nSPS) is 14.2. The maximum Gasteiger partial charge on any atom is 0.280 e. The monoisotopic (exact) mass is 690 g/mol. The van der Waals surface area contributed by atoms with Crippen LogP contribution in [0, 0.1) is 0 Å². The number of imide groups is 1. The zero-order valence-corrected chi connectivity index (χ0v) is 27.8. The molecule has 3 amide bonds. The van der Waals surface area contributed by atoms with E-state index >= 15 is 0 Å². The molecular weight excluding hydrogens is 652 g/mol. The summed E-state index contributed by atoms with van der Waals surface area (Å²) in [5.41, 5.74) is 10.3. The molecule has 0 radical (unpaired) electrons. The quantitative estimate of drug-likeness (QED) is 0.0732. The van der Waals surface area contributed by atoms with Gasteiger partial charge < -0.3 is 26.8 Å². The van der Waals surface area contributed by atoms with E-state index in [-0.39, 0.29) is 36.2 Å². The number of piperidine rings is 1. The Hall–Kier alpha value is -6.38. The first-order valence-corrected chi connectivity index (χ1v) is 16.7. The molecule has 6 rings (SSSR count). The van der Waals surface area contributed by atoms with Gasteiger partial charge in [-0.2, -0.15) is 4.68 Å². The van der Waals surface area contributed by atoms with Gasteiger partial charge in [0.25, 0.3) is 11.5 Å². The van der Waals surface area contributed by atoms with Crippen molar-refractivity contribution < 1.29 is 19.5 Å². The maximum atomic E-state index is 13.3. The van der Waals surface area contributed by atoms with Crippen LogP contribution in [-0.2, 0) is 27.3 Å². The fourth-order valence-electron chi connectivity index (χ4n) is 5.82. The van der Waals surface area contributed by atoms with E-state index in [0.29, 0.717) is 72.4 Å². The molecule has 0 aliphatic carbocycles. The number of nitrogens with one attached hydrogen (secondary N) is 4. The molecule has 0 spiro atoms. The molecule has 1 atom stereocenters. The zero-order valence-electron chi connectivity index (χ0n) is 27.8. The number of nitrogens with two attached hydrogens (primary N) is 1. The lowest BCUT2D eigenvalue weighted by molar-refractivity contribution is -0.136. The molecule has 1 unspecified atom stereocenters. The largest absolute Gasteiger partial charge is 0.507 e. The van der Waals surface area contributed by atoms with Crippen molar-refractivity contribution in [2.45, 2.75) is 51.1 Å². The molecule has 1 aliphatic heterocycles. The second kappa shape index (κ2) is 15.9. The van der Waals surface area contributed by atoms with Gasteiger partial charge in [0, 0.05) is 43.7 Å². The van der Waals surface area contributed by atoms with Crippen molar-refractivity contribution in [3.8, 4) is 17.0 Å². The van der Waals surface area contributed by atoms with E-state index in [1.165, 1.54) is 0 Å². The predicted octanol–water partition coefficient (Wildman–Crippen LogP) is 3.07. The number of nitrogen functional groups attached to an aromatic ring is 1. The van der Waals surface area contributed by atoms with E-state index in [9.17, 15) is 24.3 Å². The van der Waals surface area contributed by atoms with Crippen molar-refractivity contribution in [2.75, 3.05) is 29.5 Å². The minimum atomic E-state index is -0.900. The molecule has 0 bridgehead atoms. The molecule has 262 valence electrons. The Balaban J connectivity index is 0.921. The SMILES string of the molecule is Nc1nnc(-c2ccccc2O)cc1NCCc1ccc(CNC(=O)CCCCNc2cccc3nnn(C4CCC(=O)NC4=O)c(=O)c23)cc1. The Morgan fingerprint density at radius 3 is 2.49 bits per heavy atom. The minimum Gasteiger partial charge on any atom is -0.507 e. The number of fused-ring (bicyclic) bond motifs is 1. The number of phenolic OH excluding ortho intramolecular Hbond substituents is 1. The molecule has 0 saturated carbocycles. The van der Waals surface area contributed by atoms with Gasteiger partial charge in [-0.05, 0) is 67.1 Å². The summed E-state index contributed by atoms with van der Waals surface area (Å²) in [4.78, 5) is 49.7. The van der Waals surface area contributed by atoms with Crippen LogP contribution in [0.5, 0.6) is 5.75 Å². The molecule has 2 aromatic heterocycles. The lowest BCUT2D eigenvalue weighted by Crippen LogP contribution is -2.45. The van der Waals surface area contributed by atoms with Gasteiger partial charge in [0.2, 0.25) is 11.8 Å². The highest BCUT2D eigenvalue weighted by molar-refractivity contribution is 5.99. The average Bonchev–Trinajstić information content (AvgIpc) is 3.13. The van der Waals surface area contributed by atoms with E-state index in [4.69, 9.17) is 5.73 Å². The first kappa shape index (κ1) is 34.5. The van der Waals surface area contributed by atoms with Gasteiger partial charge in [0.1, 0.15) is 17.3 Å². The third-order valence-corrected chi connectivity index (χ3v) is 8.61. The highest BCUT2D eigenvalue weighted by Crippen LogP contribution is 2.29. The molecule has 15 nitrogen and oxygen atoms in total. The highest BCUT2D eigenvalue weighted by atomic mass is 16.3. The molecule has 1 fully saturated rings. The number of carbonyl (C=O) groups excluding carboxylic acids is 3. The summed E-state index contributed by atoms with van der Waals surface area (Å²) in [6, 6.07) is 21.0. The lowest BCUT2D eigenvalue weighted by atomic mass is 10.1. The topological polar surface area (TPSA) is 219 Å². The number of aromatic hydroxyl groups is 1. The Kier molecular flexibility index (Phi) is 10.7. The second-order valence-corrected chi connectivity index (χ2v) is 12.2. The van der Waals surface area contributed by atoms with Crippen LogP contribution in [0.15, 0.2) is 77.6 Å². The number of para-hydroxylation sites is 1. The number of unbranched alkanes of at least 4 members (excludes halogenated alkanes) is 1. The summed E-state index contributed by atoms with van der Waals surface area (Å²) in [5.74, 6) is -0.609. The number of rotatable bonds is 14. The Morgan fingerprint density at radius 2 is 1.69 bits per heavy atom. The number of phenols is 1. The Labute approximate surface area is 292 Å². The molecule has 15 heteroatoms. The van der Waals surface area contributed by atoms with Crippen LogP contribution in [0.2, 0.25) is 0 Å². The Morgan fingerprint density at radius 1 is 0.902 bits per heavy atom. The molecule has 51 heavy (non-hydrogen) atoms. The second-order valence-electron chi connectivity index (χ2n) is 12.2. The van der Waals surface area contributed by atoms with Crippen LogP contribution in [0.25, 0.3) is 22.2 Å². The number of amides is 3. The number of hydrogen-bond donors (Lipinski definition) is 6. The van der Waals surface area contributed by atoms with Crippen molar-refractivity contribution in [2.24, 2.45) is 0 Å². The predicted molar refractivity (Wildman–Crippen MR) is 192 cm³/mol. The van der Waals surface area contributed by atoms with Crippen molar-refractivity contribution in [3.05, 3.63) is 94.3 Å². The zero-order chi connectivity index (χ0) is 35.7. The van der Waals surface area contributed by atoms with Gasteiger partial charge in [-0.1, -0.05) is 47.7 Å². The van der Waals surface area contributed by atoms with Gasteiger partial charge in [-0.25, -0.2) is 0 Å². The van der Waals surface area contributed by atoms with E-state index < -0.39 is 17.5 Å². The van der Waals surface area contributed by atoms with Gasteiger partial charge in [-0.15, -0.1) is 15.3 Å². The smallest absolute Gasteiger partial charge is 0.280 e. The maximum absolute atomic E-state index is 13.3. The summed E-state index contributed by atoms with van der Waals surface area (Å²) in [6.45, 7) is 1.54. The van der Waals surface area contributed by atoms with Crippen LogP contribution in [0.3, 0.4) is 0 Å². The van der Waals surface area contributed by atoms with Crippen molar-refractivity contribution in [3.63, 3.8) is 0 Å². The van der Waals surface area contributed by atoms with Gasteiger partial charge >= 0.3 is 0 Å². The van der Waals surface area contributed by atoms with Crippen LogP contribution >= 0.6 is 0 Å². The van der Waals surface area contributed by atoms with Crippen LogP contribution in [-0.4, -0.2) is 61.1 Å². The number of carbonyl (C=O) groups is 3. The fraction of sp³-hybridized carbons (Fsp3) is 0.278. The first-order chi connectivity index (χ1) is 24.8. The Bertz CT molecular complexity index is 2120. The molecule has 3 heterocycles. The number of aromatic nitrogens is 5.